The van der Waals surface area contributed by atoms with Crippen LogP contribution < -0.4 is 10.6 Å². The highest BCUT2D eigenvalue weighted by molar-refractivity contribution is 5.93. The molecule has 1 saturated heterocycles. The Morgan fingerprint density at radius 3 is 2.56 bits per heavy atom. The van der Waals surface area contributed by atoms with Gasteiger partial charge in [0.25, 0.3) is 0 Å². The van der Waals surface area contributed by atoms with Crippen LogP contribution in [0.3, 0.4) is 0 Å². The largest absolute Gasteiger partial charge is 0.338 e. The van der Waals surface area contributed by atoms with E-state index in [9.17, 15) is 9.59 Å². The van der Waals surface area contributed by atoms with Crippen LogP contribution in [-0.2, 0) is 4.79 Å². The van der Waals surface area contributed by atoms with Gasteiger partial charge in [-0.2, -0.15) is 0 Å². The predicted molar refractivity (Wildman–Crippen MR) is 107 cm³/mol. The molecule has 1 fully saturated rings. The van der Waals surface area contributed by atoms with E-state index in [4.69, 9.17) is 0 Å². The number of urea groups is 1. The summed E-state index contributed by atoms with van der Waals surface area (Å²) in [5, 5.41) is 5.86. The topological polar surface area (TPSA) is 61.4 Å². The summed E-state index contributed by atoms with van der Waals surface area (Å²) in [5.74, 6) is -0.243. The molecule has 142 valence electrons. The lowest BCUT2D eigenvalue weighted by atomic mass is 9.88. The number of anilines is 1. The highest BCUT2D eigenvalue weighted by atomic mass is 16.2. The molecule has 27 heavy (non-hydrogen) atoms. The normalized spacial score (nSPS) is 19.4. The van der Waals surface area contributed by atoms with Crippen LogP contribution in [0.2, 0.25) is 0 Å². The van der Waals surface area contributed by atoms with Crippen molar-refractivity contribution in [2.24, 2.45) is 5.92 Å². The van der Waals surface area contributed by atoms with Crippen LogP contribution in [0.1, 0.15) is 36.9 Å². The minimum absolute atomic E-state index is 0.00257. The number of hydrogen-bond donors (Lipinski definition) is 2. The zero-order valence-corrected chi connectivity index (χ0v) is 15.9. The highest BCUT2D eigenvalue weighted by Crippen LogP contribution is 2.34. The highest BCUT2D eigenvalue weighted by Gasteiger charge is 2.35. The summed E-state index contributed by atoms with van der Waals surface area (Å²) in [7, 11) is 0. The number of amides is 3. The van der Waals surface area contributed by atoms with E-state index in [0.717, 1.165) is 24.1 Å². The van der Waals surface area contributed by atoms with E-state index in [-0.39, 0.29) is 23.9 Å². The SMILES string of the molecule is CCNC(=O)N1CC(C(=O)Nc2ccccc2)CCC1c1cccc(C)c1. The molecule has 0 bridgehead atoms. The molecule has 0 saturated carbocycles. The van der Waals surface area contributed by atoms with Crippen molar-refractivity contribution < 1.29 is 9.59 Å². The van der Waals surface area contributed by atoms with Gasteiger partial charge in [-0.25, -0.2) is 4.79 Å². The monoisotopic (exact) mass is 365 g/mol. The van der Waals surface area contributed by atoms with Gasteiger partial charge >= 0.3 is 6.03 Å². The van der Waals surface area contributed by atoms with Crippen LogP contribution >= 0.6 is 0 Å². The van der Waals surface area contributed by atoms with Gasteiger partial charge in [0.2, 0.25) is 5.91 Å². The molecule has 0 spiro atoms. The Balaban J connectivity index is 1.76. The lowest BCUT2D eigenvalue weighted by Crippen LogP contribution is -2.49. The fourth-order valence-electron chi connectivity index (χ4n) is 3.65. The van der Waals surface area contributed by atoms with Crippen LogP contribution in [0.15, 0.2) is 54.6 Å². The van der Waals surface area contributed by atoms with E-state index in [1.165, 1.54) is 5.56 Å². The summed E-state index contributed by atoms with van der Waals surface area (Å²) < 4.78 is 0. The van der Waals surface area contributed by atoms with E-state index in [0.29, 0.717) is 13.1 Å². The number of likely N-dealkylation sites (tertiary alicyclic amines) is 1. The van der Waals surface area contributed by atoms with Crippen LogP contribution in [0, 0.1) is 12.8 Å². The van der Waals surface area contributed by atoms with Crippen LogP contribution in [0.5, 0.6) is 0 Å². The Bertz CT molecular complexity index is 791. The van der Waals surface area contributed by atoms with Gasteiger partial charge in [0.05, 0.1) is 12.0 Å². The number of benzene rings is 2. The molecule has 0 radical (unpaired) electrons. The number of rotatable bonds is 4. The molecule has 0 aromatic heterocycles. The summed E-state index contributed by atoms with van der Waals surface area (Å²) >= 11 is 0. The number of para-hydroxylation sites is 1. The van der Waals surface area contributed by atoms with Gasteiger partial charge in [-0.15, -0.1) is 0 Å². The van der Waals surface area contributed by atoms with Gasteiger partial charge in [-0.1, -0.05) is 48.0 Å². The van der Waals surface area contributed by atoms with Gasteiger partial charge in [-0.05, 0) is 44.4 Å². The minimum atomic E-state index is -0.214. The fourth-order valence-corrected chi connectivity index (χ4v) is 3.65. The van der Waals surface area contributed by atoms with Crippen molar-refractivity contribution >= 4 is 17.6 Å². The van der Waals surface area contributed by atoms with Crippen molar-refractivity contribution in [2.45, 2.75) is 32.7 Å². The first-order valence-electron chi connectivity index (χ1n) is 9.55. The first-order chi connectivity index (χ1) is 13.1. The summed E-state index contributed by atoms with van der Waals surface area (Å²) in [6.45, 7) is 4.95. The van der Waals surface area contributed by atoms with Crippen LogP contribution in [0.25, 0.3) is 0 Å². The van der Waals surface area contributed by atoms with E-state index < -0.39 is 0 Å². The molecule has 1 heterocycles. The third-order valence-corrected chi connectivity index (χ3v) is 5.01. The molecule has 0 aliphatic carbocycles. The molecule has 2 unspecified atom stereocenters. The standard InChI is InChI=1S/C22H27N3O2/c1-3-23-22(27)25-15-18(21(26)24-19-10-5-4-6-11-19)12-13-20(25)17-9-7-8-16(2)14-17/h4-11,14,18,20H,3,12-13,15H2,1-2H3,(H,23,27)(H,24,26). The van der Waals surface area contributed by atoms with Crippen LogP contribution in [-0.4, -0.2) is 29.9 Å². The zero-order chi connectivity index (χ0) is 19.2. The molecule has 3 rings (SSSR count). The Kier molecular flexibility index (Phi) is 6.12. The van der Waals surface area contributed by atoms with Gasteiger partial charge in [0.15, 0.2) is 0 Å². The Labute approximate surface area is 160 Å². The molecule has 2 N–H and O–H groups in total. The number of hydrogen-bond acceptors (Lipinski definition) is 2. The summed E-state index contributed by atoms with van der Waals surface area (Å²) in [6.07, 6.45) is 1.53. The molecule has 2 aromatic carbocycles. The van der Waals surface area contributed by atoms with Crippen molar-refractivity contribution in [3.8, 4) is 0 Å². The first-order valence-corrected chi connectivity index (χ1v) is 9.55. The molecular formula is C22H27N3O2. The number of nitrogens with one attached hydrogen (secondary N) is 2. The molecular weight excluding hydrogens is 338 g/mol. The van der Waals surface area contributed by atoms with Gasteiger partial charge in [-0.3, -0.25) is 4.79 Å². The second-order valence-corrected chi connectivity index (χ2v) is 7.05. The Morgan fingerprint density at radius 1 is 1.07 bits per heavy atom. The van der Waals surface area contributed by atoms with Crippen molar-refractivity contribution in [2.75, 3.05) is 18.4 Å². The van der Waals surface area contributed by atoms with Gasteiger partial charge in [0.1, 0.15) is 0 Å². The quantitative estimate of drug-likeness (QED) is 0.856. The molecule has 3 amide bonds. The maximum Gasteiger partial charge on any atom is 0.317 e. The van der Waals surface area contributed by atoms with E-state index >= 15 is 0 Å². The summed E-state index contributed by atoms with van der Waals surface area (Å²) in [5.41, 5.74) is 3.09. The lowest BCUT2D eigenvalue weighted by molar-refractivity contribution is -0.121. The average molecular weight is 365 g/mol. The van der Waals surface area contributed by atoms with E-state index in [1.54, 1.807) is 0 Å². The van der Waals surface area contributed by atoms with Gasteiger partial charge in [0, 0.05) is 18.8 Å². The lowest BCUT2D eigenvalue weighted by Gasteiger charge is -2.39. The zero-order valence-electron chi connectivity index (χ0n) is 15.9. The molecule has 5 heteroatoms. The number of piperidine rings is 1. The minimum Gasteiger partial charge on any atom is -0.338 e. The molecule has 1 aliphatic rings. The van der Waals surface area contributed by atoms with Crippen molar-refractivity contribution in [3.63, 3.8) is 0 Å². The molecule has 2 aromatic rings. The average Bonchev–Trinajstić information content (AvgIpc) is 2.68. The Morgan fingerprint density at radius 2 is 1.85 bits per heavy atom. The fraction of sp³-hybridized carbons (Fsp3) is 0.364. The number of carbonyl (C=O) groups is 2. The number of aryl methyl sites for hydroxylation is 1. The maximum absolute atomic E-state index is 12.7. The van der Waals surface area contributed by atoms with Crippen molar-refractivity contribution in [1.29, 1.82) is 0 Å². The third-order valence-electron chi connectivity index (χ3n) is 5.01. The second kappa shape index (κ2) is 8.71. The molecule has 1 aliphatic heterocycles. The molecule has 5 nitrogen and oxygen atoms in total. The first kappa shape index (κ1) is 19.0. The number of carbonyl (C=O) groups excluding carboxylic acids is 2. The van der Waals surface area contributed by atoms with Crippen molar-refractivity contribution in [3.05, 3.63) is 65.7 Å². The predicted octanol–water partition coefficient (Wildman–Crippen LogP) is 4.12. The van der Waals surface area contributed by atoms with Crippen molar-refractivity contribution in [1.82, 2.24) is 10.2 Å². The van der Waals surface area contributed by atoms with Crippen LogP contribution in [0.4, 0.5) is 10.5 Å². The Hall–Kier alpha value is -2.82. The van der Waals surface area contributed by atoms with E-state index in [2.05, 4.69) is 35.8 Å². The van der Waals surface area contributed by atoms with Gasteiger partial charge < -0.3 is 15.5 Å². The summed E-state index contributed by atoms with van der Waals surface area (Å²) in [4.78, 5) is 27.2. The smallest absolute Gasteiger partial charge is 0.317 e. The van der Waals surface area contributed by atoms with E-state index in [1.807, 2.05) is 48.2 Å². The second-order valence-electron chi connectivity index (χ2n) is 7.05. The summed E-state index contributed by atoms with van der Waals surface area (Å²) in [6, 6.07) is 17.6. The maximum atomic E-state index is 12.7. The molecule has 2 atom stereocenters. The third kappa shape index (κ3) is 4.67. The number of nitrogens with zero attached hydrogens (tertiary/aromatic N) is 1.